The van der Waals surface area contributed by atoms with E-state index in [0.29, 0.717) is 19.6 Å². The highest BCUT2D eigenvalue weighted by Crippen LogP contribution is 2.34. The first-order valence-electron chi connectivity index (χ1n) is 8.04. The predicted molar refractivity (Wildman–Crippen MR) is 94.8 cm³/mol. The maximum atomic E-state index is 13.0. The molecule has 0 amide bonds. The molecule has 2 aromatic heterocycles. The van der Waals surface area contributed by atoms with E-state index in [-0.39, 0.29) is 12.2 Å². The number of fused-ring (bicyclic) bond motifs is 3. The summed E-state index contributed by atoms with van der Waals surface area (Å²) in [5.74, 6) is 0.756. The highest BCUT2D eigenvalue weighted by atomic mass is 32.2. The number of aliphatic hydroxyl groups excluding tert-OH is 1. The molecule has 0 saturated carbocycles. The van der Waals surface area contributed by atoms with Gasteiger partial charge in [-0.05, 0) is 37.7 Å². The minimum Gasteiger partial charge on any atom is -0.396 e. The third-order valence-electron chi connectivity index (χ3n) is 4.09. The Kier molecular flexibility index (Phi) is 5.74. The molecule has 0 spiro atoms. The number of nitrogens with zero attached hydrogens (tertiary/aromatic N) is 2. The Morgan fingerprint density at radius 2 is 2.22 bits per heavy atom. The molecule has 23 heavy (non-hydrogen) atoms. The Balaban J connectivity index is 2.07. The van der Waals surface area contributed by atoms with Gasteiger partial charge in [0.2, 0.25) is 0 Å². The SMILES string of the molecule is COCCn1c(SCCCO)nc2sc3c(c2c1=O)CCCC3. The maximum absolute atomic E-state index is 13.0. The number of hydrogen-bond acceptors (Lipinski definition) is 6. The summed E-state index contributed by atoms with van der Waals surface area (Å²) in [7, 11) is 1.64. The van der Waals surface area contributed by atoms with Gasteiger partial charge in [-0.25, -0.2) is 4.98 Å². The van der Waals surface area contributed by atoms with Gasteiger partial charge in [-0.1, -0.05) is 11.8 Å². The normalized spacial score (nSPS) is 14.3. The van der Waals surface area contributed by atoms with E-state index in [1.54, 1.807) is 23.0 Å². The van der Waals surface area contributed by atoms with E-state index in [2.05, 4.69) is 0 Å². The van der Waals surface area contributed by atoms with Crippen LogP contribution in [0.4, 0.5) is 0 Å². The Labute approximate surface area is 143 Å². The molecule has 3 rings (SSSR count). The van der Waals surface area contributed by atoms with Crippen molar-refractivity contribution in [2.75, 3.05) is 26.1 Å². The quantitative estimate of drug-likeness (QED) is 0.470. The Hall–Kier alpha value is -0.890. The zero-order chi connectivity index (χ0) is 16.2. The number of aliphatic hydroxyl groups is 1. The maximum Gasteiger partial charge on any atom is 0.263 e. The number of hydrogen-bond donors (Lipinski definition) is 1. The molecule has 126 valence electrons. The molecule has 0 saturated heterocycles. The molecular formula is C16H22N2O3S2. The number of ether oxygens (including phenoxy) is 1. The van der Waals surface area contributed by atoms with Gasteiger partial charge in [-0.3, -0.25) is 9.36 Å². The average molecular weight is 354 g/mol. The van der Waals surface area contributed by atoms with Gasteiger partial charge < -0.3 is 9.84 Å². The van der Waals surface area contributed by atoms with Crippen LogP contribution in [0.15, 0.2) is 9.95 Å². The lowest BCUT2D eigenvalue weighted by Gasteiger charge is -2.13. The lowest BCUT2D eigenvalue weighted by Crippen LogP contribution is -2.25. The Bertz CT molecular complexity index is 739. The Morgan fingerprint density at radius 1 is 1.39 bits per heavy atom. The molecule has 0 bridgehead atoms. The van der Waals surface area contributed by atoms with Gasteiger partial charge in [-0.15, -0.1) is 11.3 Å². The van der Waals surface area contributed by atoms with Crippen molar-refractivity contribution in [3.63, 3.8) is 0 Å². The van der Waals surface area contributed by atoms with Crippen LogP contribution in [-0.2, 0) is 24.1 Å². The van der Waals surface area contributed by atoms with Gasteiger partial charge in [0.25, 0.3) is 5.56 Å². The monoisotopic (exact) mass is 354 g/mol. The van der Waals surface area contributed by atoms with Crippen molar-refractivity contribution in [2.24, 2.45) is 0 Å². The molecule has 0 aromatic carbocycles. The van der Waals surface area contributed by atoms with E-state index >= 15 is 0 Å². The molecule has 0 aliphatic heterocycles. The van der Waals surface area contributed by atoms with Gasteiger partial charge >= 0.3 is 0 Å². The second-order valence-corrected chi connectivity index (χ2v) is 7.81. The van der Waals surface area contributed by atoms with Crippen molar-refractivity contribution in [1.29, 1.82) is 0 Å². The van der Waals surface area contributed by atoms with E-state index in [1.807, 2.05) is 0 Å². The molecule has 1 aliphatic rings. The van der Waals surface area contributed by atoms with E-state index in [0.717, 1.165) is 40.4 Å². The minimum absolute atomic E-state index is 0.0675. The first kappa shape index (κ1) is 17.0. The van der Waals surface area contributed by atoms with Gasteiger partial charge in [0, 0.05) is 24.3 Å². The minimum atomic E-state index is 0.0675. The average Bonchev–Trinajstić information content (AvgIpc) is 2.93. The fourth-order valence-electron chi connectivity index (χ4n) is 2.94. The summed E-state index contributed by atoms with van der Waals surface area (Å²) in [5, 5.41) is 10.5. The summed E-state index contributed by atoms with van der Waals surface area (Å²) in [6.07, 6.45) is 5.12. The van der Waals surface area contributed by atoms with Crippen LogP contribution in [0.3, 0.4) is 0 Å². The predicted octanol–water partition coefficient (Wildman–Crippen LogP) is 2.46. The number of methoxy groups -OCH3 is 1. The Morgan fingerprint density at radius 3 is 3.00 bits per heavy atom. The molecule has 0 atom stereocenters. The van der Waals surface area contributed by atoms with E-state index in [4.69, 9.17) is 14.8 Å². The van der Waals surface area contributed by atoms with Crippen LogP contribution in [0.1, 0.15) is 29.7 Å². The largest absolute Gasteiger partial charge is 0.396 e. The number of thioether (sulfide) groups is 1. The lowest BCUT2D eigenvalue weighted by atomic mass is 9.97. The van der Waals surface area contributed by atoms with Crippen molar-refractivity contribution >= 4 is 33.3 Å². The summed E-state index contributed by atoms with van der Waals surface area (Å²) < 4.78 is 6.90. The van der Waals surface area contributed by atoms with Crippen LogP contribution in [0.2, 0.25) is 0 Å². The molecular weight excluding hydrogens is 332 g/mol. The second-order valence-electron chi connectivity index (χ2n) is 5.66. The molecule has 0 unspecified atom stereocenters. The van der Waals surface area contributed by atoms with Crippen LogP contribution in [0.25, 0.3) is 10.2 Å². The standard InChI is InChI=1S/C16H22N2O3S2/c1-21-9-7-18-15(20)13-11-5-2-3-6-12(11)23-14(13)17-16(18)22-10-4-8-19/h19H,2-10H2,1H3. The zero-order valence-corrected chi connectivity index (χ0v) is 15.0. The van der Waals surface area contributed by atoms with Crippen LogP contribution in [-0.4, -0.2) is 40.7 Å². The van der Waals surface area contributed by atoms with Crippen molar-refractivity contribution in [3.05, 3.63) is 20.8 Å². The van der Waals surface area contributed by atoms with Gasteiger partial charge in [0.05, 0.1) is 18.5 Å². The molecule has 0 radical (unpaired) electrons. The molecule has 5 nitrogen and oxygen atoms in total. The van der Waals surface area contributed by atoms with Crippen LogP contribution >= 0.6 is 23.1 Å². The van der Waals surface area contributed by atoms with E-state index < -0.39 is 0 Å². The van der Waals surface area contributed by atoms with E-state index in [9.17, 15) is 4.79 Å². The van der Waals surface area contributed by atoms with Crippen molar-refractivity contribution in [2.45, 2.75) is 43.8 Å². The zero-order valence-electron chi connectivity index (χ0n) is 13.3. The third kappa shape index (κ3) is 3.47. The van der Waals surface area contributed by atoms with Gasteiger partial charge in [0.15, 0.2) is 5.16 Å². The fraction of sp³-hybridized carbons (Fsp3) is 0.625. The number of rotatable bonds is 7. The molecule has 0 fully saturated rings. The topological polar surface area (TPSA) is 64.3 Å². The number of thiophene rings is 1. The summed E-state index contributed by atoms with van der Waals surface area (Å²) in [4.78, 5) is 20.0. The van der Waals surface area contributed by atoms with Crippen LogP contribution in [0, 0.1) is 0 Å². The van der Waals surface area contributed by atoms with Gasteiger partial charge in [-0.2, -0.15) is 0 Å². The van der Waals surface area contributed by atoms with Crippen molar-refractivity contribution < 1.29 is 9.84 Å². The summed E-state index contributed by atoms with van der Waals surface area (Å²) >= 11 is 3.22. The summed E-state index contributed by atoms with van der Waals surface area (Å²) in [6.45, 7) is 1.17. The summed E-state index contributed by atoms with van der Waals surface area (Å²) in [6, 6.07) is 0. The van der Waals surface area contributed by atoms with E-state index in [1.165, 1.54) is 28.6 Å². The van der Waals surface area contributed by atoms with Crippen LogP contribution < -0.4 is 5.56 Å². The molecule has 1 N–H and O–H groups in total. The molecule has 2 heterocycles. The van der Waals surface area contributed by atoms with Crippen molar-refractivity contribution in [1.82, 2.24) is 9.55 Å². The second kappa shape index (κ2) is 7.79. The number of aryl methyl sites for hydroxylation is 2. The third-order valence-corrected chi connectivity index (χ3v) is 6.34. The lowest BCUT2D eigenvalue weighted by molar-refractivity contribution is 0.183. The smallest absolute Gasteiger partial charge is 0.263 e. The summed E-state index contributed by atoms with van der Waals surface area (Å²) in [5.41, 5.74) is 1.30. The molecule has 1 aliphatic carbocycles. The molecule has 2 aromatic rings. The highest BCUT2D eigenvalue weighted by Gasteiger charge is 2.22. The fourth-order valence-corrected chi connectivity index (χ4v) is 5.19. The van der Waals surface area contributed by atoms with Crippen LogP contribution in [0.5, 0.6) is 0 Å². The highest BCUT2D eigenvalue weighted by molar-refractivity contribution is 7.99. The first-order valence-corrected chi connectivity index (χ1v) is 9.84. The van der Waals surface area contributed by atoms with Gasteiger partial charge in [0.1, 0.15) is 4.83 Å². The number of aromatic nitrogens is 2. The molecule has 7 heteroatoms. The first-order chi connectivity index (χ1) is 11.3. The van der Waals surface area contributed by atoms with Crippen molar-refractivity contribution in [3.8, 4) is 0 Å².